The topological polar surface area (TPSA) is 80.6 Å². The molecule has 0 saturated heterocycles. The number of hydrogen-bond donors (Lipinski definition) is 1. The maximum atomic E-state index is 12.7. The first-order valence-corrected chi connectivity index (χ1v) is 8.49. The average molecular weight is 359 g/mol. The normalized spacial score (nSPS) is 11.7. The van der Waals surface area contributed by atoms with Gasteiger partial charge in [-0.1, -0.05) is 53.7 Å². The summed E-state index contributed by atoms with van der Waals surface area (Å²) in [6.45, 7) is 3.47. The van der Waals surface area contributed by atoms with Crippen molar-refractivity contribution in [3.63, 3.8) is 0 Å². The fourth-order valence-corrected chi connectivity index (χ4v) is 2.84. The van der Waals surface area contributed by atoms with Crippen LogP contribution in [0.3, 0.4) is 0 Å². The van der Waals surface area contributed by atoms with Crippen LogP contribution >= 0.6 is 0 Å². The highest BCUT2D eigenvalue weighted by Gasteiger charge is 2.21. The number of amides is 1. The van der Waals surface area contributed by atoms with E-state index < -0.39 is 0 Å². The van der Waals surface area contributed by atoms with Gasteiger partial charge in [0.15, 0.2) is 5.76 Å². The Morgan fingerprint density at radius 1 is 1.07 bits per heavy atom. The standard InChI is InChI=1S/C21H17N3O3/c1-13(18-12-16-10-6-7-11-17(16)26-18)22-23-21(25)19-14(2)27-24-20(19)15-8-4-3-5-9-15/h3-12H,1-2H3,(H,23,25)/b22-13-. The van der Waals surface area contributed by atoms with E-state index in [0.29, 0.717) is 28.5 Å². The van der Waals surface area contributed by atoms with E-state index in [-0.39, 0.29) is 5.91 Å². The lowest BCUT2D eigenvalue weighted by atomic mass is 10.1. The van der Waals surface area contributed by atoms with Crippen LogP contribution in [0.15, 0.2) is 74.7 Å². The van der Waals surface area contributed by atoms with Gasteiger partial charge in [-0.3, -0.25) is 4.79 Å². The van der Waals surface area contributed by atoms with Crippen molar-refractivity contribution in [3.8, 4) is 11.3 Å². The molecule has 0 aliphatic rings. The van der Waals surface area contributed by atoms with Gasteiger partial charge in [0.25, 0.3) is 5.91 Å². The van der Waals surface area contributed by atoms with Gasteiger partial charge in [-0.15, -0.1) is 0 Å². The van der Waals surface area contributed by atoms with Crippen LogP contribution in [-0.2, 0) is 0 Å². The van der Waals surface area contributed by atoms with Crippen LogP contribution < -0.4 is 5.43 Å². The highest BCUT2D eigenvalue weighted by molar-refractivity contribution is 6.03. The van der Waals surface area contributed by atoms with Crippen LogP contribution in [-0.4, -0.2) is 16.8 Å². The molecule has 27 heavy (non-hydrogen) atoms. The van der Waals surface area contributed by atoms with Crippen molar-refractivity contribution < 1.29 is 13.7 Å². The van der Waals surface area contributed by atoms with E-state index in [1.165, 1.54) is 0 Å². The molecule has 6 heteroatoms. The Bertz CT molecular complexity index is 1110. The van der Waals surface area contributed by atoms with Gasteiger partial charge in [0.1, 0.15) is 28.3 Å². The largest absolute Gasteiger partial charge is 0.455 e. The molecule has 4 aromatic rings. The van der Waals surface area contributed by atoms with Crippen molar-refractivity contribution in [3.05, 3.63) is 77.7 Å². The molecule has 0 bridgehead atoms. The predicted octanol–water partition coefficient (Wildman–Crippen LogP) is 4.55. The molecule has 0 spiro atoms. The summed E-state index contributed by atoms with van der Waals surface area (Å²) >= 11 is 0. The number of carbonyl (C=O) groups excluding carboxylic acids is 1. The van der Waals surface area contributed by atoms with E-state index in [2.05, 4.69) is 15.7 Å². The summed E-state index contributed by atoms with van der Waals surface area (Å²) in [4.78, 5) is 12.7. The van der Waals surface area contributed by atoms with Crippen LogP contribution in [0.4, 0.5) is 0 Å². The molecular weight excluding hydrogens is 342 g/mol. The van der Waals surface area contributed by atoms with Gasteiger partial charge < -0.3 is 8.94 Å². The van der Waals surface area contributed by atoms with Gasteiger partial charge in [-0.2, -0.15) is 5.10 Å². The number of fused-ring (bicyclic) bond motifs is 1. The smallest absolute Gasteiger partial charge is 0.277 e. The first-order valence-electron chi connectivity index (χ1n) is 8.49. The van der Waals surface area contributed by atoms with Crippen molar-refractivity contribution >= 4 is 22.6 Å². The quantitative estimate of drug-likeness (QED) is 0.428. The maximum absolute atomic E-state index is 12.7. The molecule has 0 aliphatic carbocycles. The SMILES string of the molecule is C/C(=N/NC(=O)c1c(-c2ccccc2)noc1C)c1cc2ccccc2o1. The molecule has 4 rings (SSSR count). The molecule has 6 nitrogen and oxygen atoms in total. The minimum atomic E-state index is -0.386. The summed E-state index contributed by atoms with van der Waals surface area (Å²) in [5.41, 5.74) is 5.56. The molecule has 0 aliphatic heterocycles. The first kappa shape index (κ1) is 16.8. The van der Waals surface area contributed by atoms with E-state index in [1.807, 2.05) is 60.7 Å². The Balaban J connectivity index is 1.59. The molecule has 0 saturated carbocycles. The molecule has 2 heterocycles. The number of hydrogen-bond acceptors (Lipinski definition) is 5. The Kier molecular flexibility index (Phi) is 4.30. The average Bonchev–Trinajstić information content (AvgIpc) is 3.30. The number of hydrazone groups is 1. The predicted molar refractivity (Wildman–Crippen MR) is 103 cm³/mol. The zero-order valence-electron chi connectivity index (χ0n) is 14.9. The van der Waals surface area contributed by atoms with Crippen molar-refractivity contribution in [1.29, 1.82) is 0 Å². The lowest BCUT2D eigenvalue weighted by Gasteiger charge is -2.02. The van der Waals surface area contributed by atoms with Crippen LogP contribution in [0.5, 0.6) is 0 Å². The Morgan fingerprint density at radius 2 is 1.81 bits per heavy atom. The molecule has 0 fully saturated rings. The van der Waals surface area contributed by atoms with Crippen LogP contribution in [0.1, 0.15) is 28.8 Å². The molecule has 2 aromatic carbocycles. The minimum Gasteiger partial charge on any atom is -0.455 e. The zero-order chi connectivity index (χ0) is 18.8. The van der Waals surface area contributed by atoms with Crippen LogP contribution in [0, 0.1) is 6.92 Å². The first-order chi connectivity index (χ1) is 13.1. The van der Waals surface area contributed by atoms with E-state index >= 15 is 0 Å². The minimum absolute atomic E-state index is 0.363. The summed E-state index contributed by atoms with van der Waals surface area (Å²) in [6, 6.07) is 19.0. The van der Waals surface area contributed by atoms with Gasteiger partial charge in [-0.25, -0.2) is 5.43 Å². The summed E-state index contributed by atoms with van der Waals surface area (Å²) in [5.74, 6) is 0.646. The molecule has 0 atom stereocenters. The van der Waals surface area contributed by atoms with Crippen molar-refractivity contribution in [1.82, 2.24) is 10.6 Å². The molecule has 134 valence electrons. The second-order valence-corrected chi connectivity index (χ2v) is 6.12. The number of benzene rings is 2. The summed E-state index contributed by atoms with van der Waals surface area (Å²) in [5, 5.41) is 9.17. The maximum Gasteiger partial charge on any atom is 0.277 e. The van der Waals surface area contributed by atoms with Crippen LogP contribution in [0.25, 0.3) is 22.2 Å². The molecule has 1 amide bonds. The summed E-state index contributed by atoms with van der Waals surface area (Å²) in [7, 11) is 0. The number of nitrogens with zero attached hydrogens (tertiary/aromatic N) is 2. The van der Waals surface area contributed by atoms with E-state index in [1.54, 1.807) is 13.8 Å². The molecule has 0 unspecified atom stereocenters. The summed E-state index contributed by atoms with van der Waals surface area (Å²) in [6.07, 6.45) is 0. The number of aryl methyl sites for hydroxylation is 1. The fraction of sp³-hybridized carbons (Fsp3) is 0.0952. The number of aromatic nitrogens is 1. The Hall–Kier alpha value is -3.67. The van der Waals surface area contributed by atoms with Gasteiger partial charge in [0.05, 0.1) is 0 Å². The highest BCUT2D eigenvalue weighted by Crippen LogP contribution is 2.25. The van der Waals surface area contributed by atoms with Crippen molar-refractivity contribution in [2.45, 2.75) is 13.8 Å². The number of para-hydroxylation sites is 1. The molecule has 2 aromatic heterocycles. The lowest BCUT2D eigenvalue weighted by molar-refractivity contribution is 0.0954. The Morgan fingerprint density at radius 3 is 2.59 bits per heavy atom. The number of nitrogens with one attached hydrogen (secondary N) is 1. The highest BCUT2D eigenvalue weighted by atomic mass is 16.5. The van der Waals surface area contributed by atoms with Crippen LogP contribution in [0.2, 0.25) is 0 Å². The van der Waals surface area contributed by atoms with Gasteiger partial charge in [0.2, 0.25) is 0 Å². The second kappa shape index (κ2) is 6.92. The molecule has 1 N–H and O–H groups in total. The molecular formula is C21H17N3O3. The summed E-state index contributed by atoms with van der Waals surface area (Å²) < 4.78 is 11.0. The van der Waals surface area contributed by atoms with Crippen molar-refractivity contribution in [2.75, 3.05) is 0 Å². The van der Waals surface area contributed by atoms with Crippen molar-refractivity contribution in [2.24, 2.45) is 5.10 Å². The number of carbonyl (C=O) groups is 1. The van der Waals surface area contributed by atoms with Gasteiger partial charge in [-0.05, 0) is 26.0 Å². The number of furan rings is 1. The third-order valence-electron chi connectivity index (χ3n) is 4.24. The monoisotopic (exact) mass is 359 g/mol. The van der Waals surface area contributed by atoms with Gasteiger partial charge in [0, 0.05) is 10.9 Å². The molecule has 0 radical (unpaired) electrons. The van der Waals surface area contributed by atoms with E-state index in [0.717, 1.165) is 16.5 Å². The van der Waals surface area contributed by atoms with E-state index in [4.69, 9.17) is 8.94 Å². The third-order valence-corrected chi connectivity index (χ3v) is 4.24. The Labute approximate surface area is 155 Å². The van der Waals surface area contributed by atoms with Gasteiger partial charge >= 0.3 is 0 Å². The lowest BCUT2D eigenvalue weighted by Crippen LogP contribution is -2.20. The zero-order valence-corrected chi connectivity index (χ0v) is 14.9. The number of rotatable bonds is 4. The fourth-order valence-electron chi connectivity index (χ4n) is 2.84. The second-order valence-electron chi connectivity index (χ2n) is 6.12. The third kappa shape index (κ3) is 3.25. The van der Waals surface area contributed by atoms with E-state index in [9.17, 15) is 4.79 Å².